The van der Waals surface area contributed by atoms with E-state index in [1.807, 2.05) is 0 Å². The highest BCUT2D eigenvalue weighted by Gasteiger charge is 2.22. The van der Waals surface area contributed by atoms with Crippen molar-refractivity contribution in [3.8, 4) is 0 Å². The topological polar surface area (TPSA) is 75.4 Å². The fourth-order valence-corrected chi connectivity index (χ4v) is 4.54. The van der Waals surface area contributed by atoms with Crippen molar-refractivity contribution in [3.63, 3.8) is 0 Å². The molecular weight excluding hydrogens is 354 g/mol. The van der Waals surface area contributed by atoms with Crippen molar-refractivity contribution in [3.05, 3.63) is 22.2 Å². The number of sulfonamides is 1. The van der Waals surface area contributed by atoms with Crippen molar-refractivity contribution in [2.45, 2.75) is 24.7 Å². The normalized spacial score (nSPS) is 20.6. The van der Waals surface area contributed by atoms with Crippen LogP contribution in [0.4, 0.5) is 5.69 Å². The highest BCUT2D eigenvalue weighted by Crippen LogP contribution is 2.26. The van der Waals surface area contributed by atoms with E-state index in [0.29, 0.717) is 28.2 Å². The molecule has 0 spiro atoms. The van der Waals surface area contributed by atoms with Gasteiger partial charge in [0.1, 0.15) is 0 Å². The van der Waals surface area contributed by atoms with Crippen LogP contribution in [0.25, 0.3) is 0 Å². The Labute approximate surface area is 135 Å². The number of nitrogens with zero attached hydrogens (tertiary/aromatic N) is 1. The molecule has 2 rings (SSSR count). The molecule has 1 saturated heterocycles. The van der Waals surface area contributed by atoms with Crippen LogP contribution in [0.5, 0.6) is 0 Å². The molecule has 0 saturated carbocycles. The van der Waals surface area contributed by atoms with Crippen molar-refractivity contribution >= 4 is 31.6 Å². The summed E-state index contributed by atoms with van der Waals surface area (Å²) in [5, 5.41) is 0. The predicted molar refractivity (Wildman–Crippen MR) is 88.7 cm³/mol. The molecule has 1 aromatic rings. The van der Waals surface area contributed by atoms with E-state index in [2.05, 4.69) is 32.6 Å². The Hall–Kier alpha value is -0.630. The molecule has 7 heteroatoms. The molecule has 0 bridgehead atoms. The summed E-state index contributed by atoms with van der Waals surface area (Å²) in [5.74, 6) is 0.367. The summed E-state index contributed by atoms with van der Waals surface area (Å²) in [6.45, 7) is 4.27. The first-order valence-corrected chi connectivity index (χ1v) is 9.31. The maximum Gasteiger partial charge on any atom is 0.240 e. The van der Waals surface area contributed by atoms with Gasteiger partial charge in [-0.1, -0.05) is 0 Å². The van der Waals surface area contributed by atoms with E-state index in [1.165, 1.54) is 6.07 Å². The van der Waals surface area contributed by atoms with Gasteiger partial charge in [0.2, 0.25) is 10.0 Å². The smallest absolute Gasteiger partial charge is 0.240 e. The monoisotopic (exact) mass is 375 g/mol. The van der Waals surface area contributed by atoms with Crippen molar-refractivity contribution in [1.29, 1.82) is 0 Å². The Bertz CT molecular complexity index is 619. The molecule has 0 amide bonds. The van der Waals surface area contributed by atoms with Gasteiger partial charge in [-0.3, -0.25) is 0 Å². The Balaban J connectivity index is 2.10. The van der Waals surface area contributed by atoms with Crippen molar-refractivity contribution < 1.29 is 8.42 Å². The third-order valence-electron chi connectivity index (χ3n) is 3.87. The van der Waals surface area contributed by atoms with Gasteiger partial charge in [-0.05, 0) is 72.9 Å². The zero-order valence-corrected chi connectivity index (χ0v) is 14.8. The number of nitrogen functional groups attached to an aromatic ring is 1. The van der Waals surface area contributed by atoms with Gasteiger partial charge < -0.3 is 10.6 Å². The number of nitrogens with two attached hydrogens (primary N) is 1. The molecule has 21 heavy (non-hydrogen) atoms. The maximum atomic E-state index is 12.4. The Kier molecular flexibility index (Phi) is 5.29. The second-order valence-corrected chi connectivity index (χ2v) is 8.35. The van der Waals surface area contributed by atoms with Crippen molar-refractivity contribution in [1.82, 2.24) is 9.62 Å². The van der Waals surface area contributed by atoms with Gasteiger partial charge in [-0.25, -0.2) is 13.1 Å². The summed E-state index contributed by atoms with van der Waals surface area (Å²) in [6.07, 6.45) is 2.18. The molecule has 5 nitrogen and oxygen atoms in total. The average molecular weight is 376 g/mol. The largest absolute Gasteiger partial charge is 0.398 e. The lowest BCUT2D eigenvalue weighted by Crippen LogP contribution is -2.39. The first-order chi connectivity index (χ1) is 9.79. The molecule has 1 aliphatic rings. The summed E-state index contributed by atoms with van der Waals surface area (Å²) >= 11 is 3.31. The van der Waals surface area contributed by atoms with Gasteiger partial charge in [0.05, 0.1) is 4.90 Å². The zero-order valence-electron chi connectivity index (χ0n) is 12.4. The SMILES string of the molecule is Cc1cc(Br)c(N)cc1S(=O)(=O)NCC1CCCN(C)C1. The third kappa shape index (κ3) is 4.18. The minimum atomic E-state index is -3.52. The minimum Gasteiger partial charge on any atom is -0.398 e. The second kappa shape index (κ2) is 6.64. The lowest BCUT2D eigenvalue weighted by atomic mass is 9.99. The zero-order chi connectivity index (χ0) is 15.6. The summed E-state index contributed by atoms with van der Waals surface area (Å²) < 4.78 is 28.3. The summed E-state index contributed by atoms with van der Waals surface area (Å²) in [7, 11) is -1.45. The number of hydrogen-bond acceptors (Lipinski definition) is 4. The van der Waals surface area contributed by atoms with Crippen LogP contribution < -0.4 is 10.5 Å². The van der Waals surface area contributed by atoms with Crippen LogP contribution in [0.1, 0.15) is 18.4 Å². The molecule has 1 atom stereocenters. The number of rotatable bonds is 4. The van der Waals surface area contributed by atoms with E-state index in [0.717, 1.165) is 25.9 Å². The Morgan fingerprint density at radius 2 is 2.19 bits per heavy atom. The van der Waals surface area contributed by atoms with Gasteiger partial charge in [-0.15, -0.1) is 0 Å². The van der Waals surface area contributed by atoms with Crippen molar-refractivity contribution in [2.75, 3.05) is 32.4 Å². The Morgan fingerprint density at radius 1 is 1.48 bits per heavy atom. The Morgan fingerprint density at radius 3 is 2.86 bits per heavy atom. The molecule has 1 unspecified atom stereocenters. The minimum absolute atomic E-state index is 0.257. The fraction of sp³-hybridized carbons (Fsp3) is 0.571. The van der Waals surface area contributed by atoms with Gasteiger partial charge in [0, 0.05) is 23.2 Å². The molecule has 0 aliphatic carbocycles. The number of piperidine rings is 1. The van der Waals surface area contributed by atoms with Crippen LogP contribution in [0.2, 0.25) is 0 Å². The molecule has 3 N–H and O–H groups in total. The maximum absolute atomic E-state index is 12.4. The highest BCUT2D eigenvalue weighted by atomic mass is 79.9. The van der Waals surface area contributed by atoms with E-state index >= 15 is 0 Å². The highest BCUT2D eigenvalue weighted by molar-refractivity contribution is 9.10. The van der Waals surface area contributed by atoms with Gasteiger partial charge in [0.15, 0.2) is 0 Å². The predicted octanol–water partition coefficient (Wildman–Crippen LogP) is 1.96. The van der Waals surface area contributed by atoms with Crippen LogP contribution in [-0.2, 0) is 10.0 Å². The third-order valence-corrected chi connectivity index (χ3v) is 6.12. The number of benzene rings is 1. The first-order valence-electron chi connectivity index (χ1n) is 7.03. The molecular formula is C14H22BrN3O2S. The number of halogens is 1. The van der Waals surface area contributed by atoms with E-state index in [4.69, 9.17) is 5.73 Å². The lowest BCUT2D eigenvalue weighted by molar-refractivity contribution is 0.211. The fourth-order valence-electron chi connectivity index (χ4n) is 2.70. The molecule has 118 valence electrons. The first kappa shape index (κ1) is 16.7. The number of hydrogen-bond donors (Lipinski definition) is 2. The second-order valence-electron chi connectivity index (χ2n) is 5.76. The van der Waals surface area contributed by atoms with Gasteiger partial charge >= 0.3 is 0 Å². The summed E-state index contributed by atoms with van der Waals surface area (Å²) in [6, 6.07) is 3.24. The van der Waals surface area contributed by atoms with Crippen LogP contribution in [0.15, 0.2) is 21.5 Å². The van der Waals surface area contributed by atoms with E-state index in [1.54, 1.807) is 13.0 Å². The lowest BCUT2D eigenvalue weighted by Gasteiger charge is -2.29. The van der Waals surface area contributed by atoms with E-state index < -0.39 is 10.0 Å². The van der Waals surface area contributed by atoms with Crippen LogP contribution in [0.3, 0.4) is 0 Å². The van der Waals surface area contributed by atoms with Gasteiger partial charge in [-0.2, -0.15) is 0 Å². The van der Waals surface area contributed by atoms with E-state index in [9.17, 15) is 8.42 Å². The molecule has 1 fully saturated rings. The quantitative estimate of drug-likeness (QED) is 0.788. The number of likely N-dealkylation sites (tertiary alicyclic amines) is 1. The van der Waals surface area contributed by atoms with Gasteiger partial charge in [0.25, 0.3) is 0 Å². The summed E-state index contributed by atoms with van der Waals surface area (Å²) in [5.41, 5.74) is 6.91. The standard InChI is InChI=1S/C14H22BrN3O2S/c1-10-6-12(15)13(16)7-14(10)21(19,20)17-8-11-4-3-5-18(2)9-11/h6-7,11,17H,3-5,8-9,16H2,1-2H3. The molecule has 0 radical (unpaired) electrons. The average Bonchev–Trinajstić information content (AvgIpc) is 2.41. The van der Waals surface area contributed by atoms with Crippen LogP contribution in [-0.4, -0.2) is 40.0 Å². The van der Waals surface area contributed by atoms with E-state index in [-0.39, 0.29) is 4.90 Å². The molecule has 1 heterocycles. The van der Waals surface area contributed by atoms with Crippen LogP contribution >= 0.6 is 15.9 Å². The number of aryl methyl sites for hydroxylation is 1. The number of anilines is 1. The van der Waals surface area contributed by atoms with Crippen molar-refractivity contribution in [2.24, 2.45) is 5.92 Å². The summed E-state index contributed by atoms with van der Waals surface area (Å²) in [4.78, 5) is 2.50. The number of nitrogens with one attached hydrogen (secondary N) is 1. The molecule has 1 aliphatic heterocycles. The molecule has 0 aromatic heterocycles. The van der Waals surface area contributed by atoms with Crippen LogP contribution in [0, 0.1) is 12.8 Å². The molecule has 1 aromatic carbocycles.